The van der Waals surface area contributed by atoms with Gasteiger partial charge in [0.1, 0.15) is 11.5 Å². The summed E-state index contributed by atoms with van der Waals surface area (Å²) in [6.45, 7) is 4.69. The highest BCUT2D eigenvalue weighted by atomic mass is 35.5. The van der Waals surface area contributed by atoms with Crippen LogP contribution in [0.3, 0.4) is 0 Å². The first kappa shape index (κ1) is 22.0. The summed E-state index contributed by atoms with van der Waals surface area (Å²) in [6.07, 6.45) is 0. The lowest BCUT2D eigenvalue weighted by atomic mass is 9.85. The zero-order chi connectivity index (χ0) is 19.4. The van der Waals surface area contributed by atoms with Gasteiger partial charge >= 0.3 is 0 Å². The second-order valence-electron chi connectivity index (χ2n) is 7.07. The highest BCUT2D eigenvalue weighted by molar-refractivity contribution is 5.90. The highest BCUT2D eigenvalue weighted by Crippen LogP contribution is 2.39. The van der Waals surface area contributed by atoms with E-state index >= 15 is 0 Å². The first-order chi connectivity index (χ1) is 13.0. The molecule has 0 radical (unpaired) electrons. The van der Waals surface area contributed by atoms with Crippen molar-refractivity contribution in [3.05, 3.63) is 71.3 Å². The molecule has 1 atom stereocenters. The zero-order valence-electron chi connectivity index (χ0n) is 16.5. The van der Waals surface area contributed by atoms with Crippen LogP contribution >= 0.6 is 12.4 Å². The topological polar surface area (TPSA) is 61.7 Å². The number of fused-ring (bicyclic) bond motifs is 1. The number of methoxy groups -OCH3 is 1. The van der Waals surface area contributed by atoms with E-state index in [-0.39, 0.29) is 30.7 Å². The molecule has 150 valence electrons. The molecule has 0 aliphatic heterocycles. The van der Waals surface area contributed by atoms with E-state index in [2.05, 4.69) is 19.2 Å². The number of aliphatic hydroxyl groups excluding tert-OH is 1. The fourth-order valence-electron chi connectivity index (χ4n) is 3.47. The standard InChI is InChI=1S/C23H27NO3.ClH/c1-15(2)24-13-21(16-8-10-19(27-3)11-9-16)22-20-7-5-4-6-17(20)12-18(14-25)23(22)26;/h4-12,15,21,24-26H,13-14H2,1-3H3;1H. The number of hydrogen-bond acceptors (Lipinski definition) is 4. The van der Waals surface area contributed by atoms with Gasteiger partial charge in [-0.25, -0.2) is 0 Å². The van der Waals surface area contributed by atoms with E-state index < -0.39 is 0 Å². The van der Waals surface area contributed by atoms with Gasteiger partial charge in [-0.05, 0) is 34.5 Å². The van der Waals surface area contributed by atoms with Gasteiger partial charge < -0.3 is 20.3 Å². The Kier molecular flexibility index (Phi) is 7.69. The first-order valence-electron chi connectivity index (χ1n) is 9.26. The van der Waals surface area contributed by atoms with Gasteiger partial charge in [-0.1, -0.05) is 50.2 Å². The minimum Gasteiger partial charge on any atom is -0.507 e. The predicted octanol–water partition coefficient (Wildman–Crippen LogP) is 4.60. The summed E-state index contributed by atoms with van der Waals surface area (Å²) in [5.74, 6) is 0.907. The monoisotopic (exact) mass is 401 g/mol. The highest BCUT2D eigenvalue weighted by Gasteiger charge is 2.23. The van der Waals surface area contributed by atoms with Gasteiger partial charge in [0.2, 0.25) is 0 Å². The Bertz CT molecular complexity index is 910. The van der Waals surface area contributed by atoms with Crippen LogP contribution < -0.4 is 10.1 Å². The molecule has 3 N–H and O–H groups in total. The van der Waals surface area contributed by atoms with E-state index in [9.17, 15) is 10.2 Å². The lowest BCUT2D eigenvalue weighted by Gasteiger charge is -2.24. The van der Waals surface area contributed by atoms with E-state index in [1.807, 2.05) is 54.6 Å². The lowest BCUT2D eigenvalue weighted by molar-refractivity contribution is 0.275. The van der Waals surface area contributed by atoms with Crippen molar-refractivity contribution >= 4 is 23.2 Å². The number of aromatic hydroxyl groups is 1. The molecule has 0 aromatic heterocycles. The molecule has 1 unspecified atom stereocenters. The van der Waals surface area contributed by atoms with E-state index in [1.165, 1.54) is 0 Å². The number of hydrogen-bond donors (Lipinski definition) is 3. The molecule has 0 aliphatic carbocycles. The Balaban J connectivity index is 0.00000280. The minimum absolute atomic E-state index is 0. The number of phenols is 1. The quantitative estimate of drug-likeness (QED) is 0.541. The van der Waals surface area contributed by atoms with Crippen molar-refractivity contribution in [1.82, 2.24) is 5.32 Å². The van der Waals surface area contributed by atoms with Crippen LogP contribution in [0, 0.1) is 0 Å². The molecule has 0 saturated heterocycles. The molecule has 3 rings (SSSR count). The van der Waals surface area contributed by atoms with Crippen LogP contribution in [0.5, 0.6) is 11.5 Å². The van der Waals surface area contributed by atoms with Gasteiger partial charge in [-0.15, -0.1) is 12.4 Å². The molecule has 5 heteroatoms. The molecule has 0 amide bonds. The molecule has 0 spiro atoms. The van der Waals surface area contributed by atoms with E-state index in [0.29, 0.717) is 18.2 Å². The van der Waals surface area contributed by atoms with Crippen LogP contribution in [0.15, 0.2) is 54.6 Å². The summed E-state index contributed by atoms with van der Waals surface area (Å²) >= 11 is 0. The first-order valence-corrected chi connectivity index (χ1v) is 9.26. The largest absolute Gasteiger partial charge is 0.507 e. The van der Waals surface area contributed by atoms with Gasteiger partial charge in [0.25, 0.3) is 0 Å². The van der Waals surface area contributed by atoms with Crippen molar-refractivity contribution < 1.29 is 14.9 Å². The maximum absolute atomic E-state index is 11.0. The van der Waals surface area contributed by atoms with Crippen LogP contribution in [-0.4, -0.2) is 29.9 Å². The molecular formula is C23H28ClNO3. The predicted molar refractivity (Wildman–Crippen MR) is 117 cm³/mol. The number of nitrogens with one attached hydrogen (secondary N) is 1. The van der Waals surface area contributed by atoms with Crippen molar-refractivity contribution in [2.24, 2.45) is 0 Å². The van der Waals surface area contributed by atoms with Crippen molar-refractivity contribution in [2.75, 3.05) is 13.7 Å². The van der Waals surface area contributed by atoms with E-state index in [1.54, 1.807) is 7.11 Å². The van der Waals surface area contributed by atoms with Gasteiger partial charge in [-0.3, -0.25) is 0 Å². The molecule has 0 bridgehead atoms. The van der Waals surface area contributed by atoms with Crippen molar-refractivity contribution in [3.8, 4) is 11.5 Å². The molecule has 4 nitrogen and oxygen atoms in total. The number of aliphatic hydroxyl groups is 1. The number of ether oxygens (including phenoxy) is 1. The summed E-state index contributed by atoms with van der Waals surface area (Å²) in [7, 11) is 1.65. The SMILES string of the molecule is COc1ccc(C(CNC(C)C)c2c(O)c(CO)cc3ccccc23)cc1.Cl. The van der Waals surface area contributed by atoms with Crippen LogP contribution in [-0.2, 0) is 6.61 Å². The van der Waals surface area contributed by atoms with Crippen LogP contribution in [0.25, 0.3) is 10.8 Å². The zero-order valence-corrected chi connectivity index (χ0v) is 17.3. The Labute approximate surface area is 172 Å². The lowest BCUT2D eigenvalue weighted by Crippen LogP contribution is -2.28. The summed E-state index contributed by atoms with van der Waals surface area (Å²) in [5, 5.41) is 26.2. The van der Waals surface area contributed by atoms with Crippen LogP contribution in [0.2, 0.25) is 0 Å². The van der Waals surface area contributed by atoms with Crippen molar-refractivity contribution in [1.29, 1.82) is 0 Å². The average Bonchev–Trinajstić information content (AvgIpc) is 2.69. The number of rotatable bonds is 7. The Morgan fingerprint density at radius 2 is 1.71 bits per heavy atom. The molecule has 3 aromatic carbocycles. The van der Waals surface area contributed by atoms with Crippen LogP contribution in [0.1, 0.15) is 36.5 Å². The minimum atomic E-state index is -0.198. The second-order valence-corrected chi connectivity index (χ2v) is 7.07. The number of halogens is 1. The molecule has 3 aromatic rings. The Morgan fingerprint density at radius 1 is 1.04 bits per heavy atom. The fourth-order valence-corrected chi connectivity index (χ4v) is 3.47. The summed E-state index contributed by atoms with van der Waals surface area (Å²) in [4.78, 5) is 0. The van der Waals surface area contributed by atoms with Gasteiger partial charge in [0.15, 0.2) is 0 Å². The normalized spacial score (nSPS) is 12.0. The van der Waals surface area contributed by atoms with Gasteiger partial charge in [0, 0.05) is 29.6 Å². The maximum atomic E-state index is 11.0. The molecular weight excluding hydrogens is 374 g/mol. The summed E-state index contributed by atoms with van der Waals surface area (Å²) in [6, 6.07) is 18.1. The Morgan fingerprint density at radius 3 is 2.32 bits per heavy atom. The smallest absolute Gasteiger partial charge is 0.125 e. The third kappa shape index (κ3) is 4.58. The fraction of sp³-hybridized carbons (Fsp3) is 0.304. The molecule has 0 fully saturated rings. The molecule has 0 aliphatic rings. The van der Waals surface area contributed by atoms with Gasteiger partial charge in [0.05, 0.1) is 13.7 Å². The van der Waals surface area contributed by atoms with Gasteiger partial charge in [-0.2, -0.15) is 0 Å². The third-order valence-electron chi connectivity index (χ3n) is 4.91. The van der Waals surface area contributed by atoms with Crippen molar-refractivity contribution in [3.63, 3.8) is 0 Å². The van der Waals surface area contributed by atoms with E-state index in [4.69, 9.17) is 4.74 Å². The molecule has 28 heavy (non-hydrogen) atoms. The van der Waals surface area contributed by atoms with Crippen molar-refractivity contribution in [2.45, 2.75) is 32.4 Å². The molecule has 0 saturated carbocycles. The number of benzene rings is 3. The van der Waals surface area contributed by atoms with E-state index in [0.717, 1.165) is 27.6 Å². The third-order valence-corrected chi connectivity index (χ3v) is 4.91. The summed E-state index contributed by atoms with van der Waals surface area (Å²) in [5.41, 5.74) is 2.47. The Hall–Kier alpha value is -2.27. The maximum Gasteiger partial charge on any atom is 0.125 e. The molecule has 0 heterocycles. The van der Waals surface area contributed by atoms with Crippen LogP contribution in [0.4, 0.5) is 0 Å². The second kappa shape index (κ2) is 9.78. The average molecular weight is 402 g/mol. The summed E-state index contributed by atoms with van der Waals surface area (Å²) < 4.78 is 5.29.